The predicted molar refractivity (Wildman–Crippen MR) is 63.3 cm³/mol. The summed E-state index contributed by atoms with van der Waals surface area (Å²) in [6, 6.07) is 7.27. The summed E-state index contributed by atoms with van der Waals surface area (Å²) >= 11 is 0. The number of amides is 1. The van der Waals surface area contributed by atoms with Crippen molar-refractivity contribution in [2.75, 3.05) is 12.8 Å². The van der Waals surface area contributed by atoms with Crippen LogP contribution in [0.3, 0.4) is 0 Å². The molecule has 0 fully saturated rings. The summed E-state index contributed by atoms with van der Waals surface area (Å²) in [5.74, 6) is -0.125. The van der Waals surface area contributed by atoms with Crippen LogP contribution in [0.4, 0.5) is 5.69 Å². The summed E-state index contributed by atoms with van der Waals surface area (Å²) in [4.78, 5) is 14.3. The molecule has 2 aromatic rings. The molecule has 0 atom stereocenters. The summed E-state index contributed by atoms with van der Waals surface area (Å²) in [7, 11) is 1.60. The molecule has 1 aromatic carbocycles. The molecular formula is C10H12ClN3O. The van der Waals surface area contributed by atoms with Gasteiger partial charge in [-0.1, -0.05) is 0 Å². The number of hydrogen-bond acceptors (Lipinski definition) is 2. The van der Waals surface area contributed by atoms with E-state index in [2.05, 4.69) is 10.3 Å². The fourth-order valence-corrected chi connectivity index (χ4v) is 1.41. The van der Waals surface area contributed by atoms with Crippen molar-refractivity contribution in [1.29, 1.82) is 0 Å². The zero-order valence-electron chi connectivity index (χ0n) is 8.20. The number of aromatic amines is 1. The van der Waals surface area contributed by atoms with E-state index >= 15 is 0 Å². The number of H-pyrrole nitrogens is 1. The number of carbonyl (C=O) groups is 1. The van der Waals surface area contributed by atoms with E-state index in [0.29, 0.717) is 11.4 Å². The molecule has 80 valence electrons. The second-order valence-electron chi connectivity index (χ2n) is 3.11. The first-order chi connectivity index (χ1) is 6.70. The van der Waals surface area contributed by atoms with Crippen LogP contribution in [0.5, 0.6) is 0 Å². The summed E-state index contributed by atoms with van der Waals surface area (Å²) < 4.78 is 0. The van der Waals surface area contributed by atoms with Gasteiger partial charge in [-0.2, -0.15) is 0 Å². The fraction of sp³-hybridized carbons (Fsp3) is 0.100. The molecule has 0 aliphatic rings. The molecule has 15 heavy (non-hydrogen) atoms. The maximum absolute atomic E-state index is 11.3. The lowest BCUT2D eigenvalue weighted by Crippen LogP contribution is -2.17. The Hall–Kier alpha value is -1.68. The number of rotatable bonds is 1. The van der Waals surface area contributed by atoms with Crippen LogP contribution in [0.2, 0.25) is 0 Å². The minimum Gasteiger partial charge on any atom is -0.399 e. The van der Waals surface area contributed by atoms with Crippen LogP contribution in [0.25, 0.3) is 10.9 Å². The van der Waals surface area contributed by atoms with Crippen molar-refractivity contribution in [2.24, 2.45) is 0 Å². The van der Waals surface area contributed by atoms with Crippen LogP contribution in [0.1, 0.15) is 10.5 Å². The van der Waals surface area contributed by atoms with E-state index in [1.54, 1.807) is 19.2 Å². The normalized spacial score (nSPS) is 9.67. The van der Waals surface area contributed by atoms with Crippen molar-refractivity contribution < 1.29 is 4.79 Å². The van der Waals surface area contributed by atoms with Crippen molar-refractivity contribution in [3.05, 3.63) is 30.0 Å². The first-order valence-electron chi connectivity index (χ1n) is 4.31. The average molecular weight is 226 g/mol. The molecule has 0 spiro atoms. The van der Waals surface area contributed by atoms with E-state index in [1.807, 2.05) is 12.1 Å². The van der Waals surface area contributed by atoms with Gasteiger partial charge in [-0.25, -0.2) is 0 Å². The molecule has 0 aliphatic heterocycles. The molecule has 4 N–H and O–H groups in total. The van der Waals surface area contributed by atoms with E-state index in [9.17, 15) is 4.79 Å². The Bertz CT molecular complexity index is 492. The molecule has 1 aromatic heterocycles. The first kappa shape index (κ1) is 11.4. The second-order valence-corrected chi connectivity index (χ2v) is 3.11. The van der Waals surface area contributed by atoms with E-state index in [4.69, 9.17) is 5.73 Å². The van der Waals surface area contributed by atoms with Crippen molar-refractivity contribution in [2.45, 2.75) is 0 Å². The number of hydrogen-bond donors (Lipinski definition) is 3. The molecule has 4 nitrogen and oxygen atoms in total. The number of benzene rings is 1. The van der Waals surface area contributed by atoms with E-state index in [0.717, 1.165) is 10.9 Å². The molecule has 1 amide bonds. The minimum absolute atomic E-state index is 0. The number of carbonyl (C=O) groups excluding carboxylic acids is 1. The van der Waals surface area contributed by atoms with Gasteiger partial charge in [0.15, 0.2) is 0 Å². The minimum atomic E-state index is -0.125. The lowest BCUT2D eigenvalue weighted by Gasteiger charge is -1.92. The Labute approximate surface area is 93.3 Å². The van der Waals surface area contributed by atoms with Gasteiger partial charge in [-0.3, -0.25) is 4.79 Å². The molecule has 1 heterocycles. The van der Waals surface area contributed by atoms with Gasteiger partial charge in [0.25, 0.3) is 5.91 Å². The standard InChI is InChI=1S/C10H11N3O.ClH/c1-12-10(14)9-5-6-4-7(11)2-3-8(6)13-9;/h2-5,13H,11H2,1H3,(H,12,14);1H. The first-order valence-corrected chi connectivity index (χ1v) is 4.31. The average Bonchev–Trinajstić information content (AvgIpc) is 2.59. The number of aromatic nitrogens is 1. The van der Waals surface area contributed by atoms with Gasteiger partial charge < -0.3 is 16.0 Å². The van der Waals surface area contributed by atoms with Gasteiger partial charge in [-0.05, 0) is 24.3 Å². The molecule has 0 aliphatic carbocycles. The molecule has 0 saturated heterocycles. The number of nitrogens with two attached hydrogens (primary N) is 1. The van der Waals surface area contributed by atoms with Crippen LogP contribution in [-0.2, 0) is 0 Å². The van der Waals surface area contributed by atoms with Crippen LogP contribution >= 0.6 is 12.4 Å². The quantitative estimate of drug-likeness (QED) is 0.645. The zero-order chi connectivity index (χ0) is 10.1. The SMILES string of the molecule is CNC(=O)c1cc2cc(N)ccc2[nH]1.Cl. The lowest BCUT2D eigenvalue weighted by atomic mass is 10.2. The topological polar surface area (TPSA) is 70.9 Å². The van der Waals surface area contributed by atoms with Crippen molar-refractivity contribution in [3.63, 3.8) is 0 Å². The maximum Gasteiger partial charge on any atom is 0.267 e. The fourth-order valence-electron chi connectivity index (χ4n) is 1.41. The van der Waals surface area contributed by atoms with Gasteiger partial charge in [0.05, 0.1) is 0 Å². The van der Waals surface area contributed by atoms with Crippen molar-refractivity contribution in [1.82, 2.24) is 10.3 Å². The van der Waals surface area contributed by atoms with Crippen LogP contribution in [0.15, 0.2) is 24.3 Å². The second kappa shape index (κ2) is 4.23. The predicted octanol–water partition coefficient (Wildman–Crippen LogP) is 1.53. The highest BCUT2D eigenvalue weighted by Crippen LogP contribution is 2.18. The number of nitrogen functional groups attached to an aromatic ring is 1. The van der Waals surface area contributed by atoms with Gasteiger partial charge in [0.1, 0.15) is 5.69 Å². The zero-order valence-corrected chi connectivity index (χ0v) is 9.02. The Morgan fingerprint density at radius 1 is 1.40 bits per heavy atom. The molecular weight excluding hydrogens is 214 g/mol. The Kier molecular flexibility index (Phi) is 3.21. The smallest absolute Gasteiger partial charge is 0.267 e. The Morgan fingerprint density at radius 3 is 2.80 bits per heavy atom. The summed E-state index contributed by atoms with van der Waals surface area (Å²) in [6.45, 7) is 0. The van der Waals surface area contributed by atoms with E-state index in [-0.39, 0.29) is 18.3 Å². The van der Waals surface area contributed by atoms with E-state index in [1.165, 1.54) is 0 Å². The van der Waals surface area contributed by atoms with Crippen LogP contribution in [0, 0.1) is 0 Å². The lowest BCUT2D eigenvalue weighted by molar-refractivity contribution is 0.0959. The highest BCUT2D eigenvalue weighted by Gasteiger charge is 2.06. The van der Waals surface area contributed by atoms with Crippen molar-refractivity contribution >= 4 is 34.9 Å². The highest BCUT2D eigenvalue weighted by molar-refractivity contribution is 5.98. The van der Waals surface area contributed by atoms with E-state index < -0.39 is 0 Å². The van der Waals surface area contributed by atoms with Crippen molar-refractivity contribution in [3.8, 4) is 0 Å². The van der Waals surface area contributed by atoms with Gasteiger partial charge >= 0.3 is 0 Å². The molecule has 5 heteroatoms. The summed E-state index contributed by atoms with van der Waals surface area (Å²) in [5, 5.41) is 3.50. The highest BCUT2D eigenvalue weighted by atomic mass is 35.5. The Morgan fingerprint density at radius 2 is 2.13 bits per heavy atom. The number of halogens is 1. The molecule has 0 unspecified atom stereocenters. The number of fused-ring (bicyclic) bond motifs is 1. The molecule has 0 saturated carbocycles. The van der Waals surface area contributed by atoms with Gasteiger partial charge in [-0.15, -0.1) is 12.4 Å². The third-order valence-electron chi connectivity index (χ3n) is 2.12. The Balaban J connectivity index is 0.00000112. The third-order valence-corrected chi connectivity index (χ3v) is 2.12. The van der Waals surface area contributed by atoms with Crippen LogP contribution < -0.4 is 11.1 Å². The monoisotopic (exact) mass is 225 g/mol. The molecule has 0 radical (unpaired) electrons. The van der Waals surface area contributed by atoms with Gasteiger partial charge in [0, 0.05) is 23.6 Å². The third kappa shape index (κ3) is 2.05. The van der Waals surface area contributed by atoms with Crippen LogP contribution in [-0.4, -0.2) is 17.9 Å². The molecule has 2 rings (SSSR count). The largest absolute Gasteiger partial charge is 0.399 e. The number of nitrogens with one attached hydrogen (secondary N) is 2. The van der Waals surface area contributed by atoms with Gasteiger partial charge in [0.2, 0.25) is 0 Å². The molecule has 0 bridgehead atoms. The summed E-state index contributed by atoms with van der Waals surface area (Å²) in [6.07, 6.45) is 0. The summed E-state index contributed by atoms with van der Waals surface area (Å²) in [5.41, 5.74) is 7.79. The maximum atomic E-state index is 11.3. The number of anilines is 1.